The predicted octanol–water partition coefficient (Wildman–Crippen LogP) is 1.21. The Bertz CT molecular complexity index is 225. The second-order valence-corrected chi connectivity index (χ2v) is 4.08. The summed E-state index contributed by atoms with van der Waals surface area (Å²) in [7, 11) is 1.94. The summed E-state index contributed by atoms with van der Waals surface area (Å²) >= 11 is 0. The van der Waals surface area contributed by atoms with E-state index in [1.165, 1.54) is 6.42 Å². The number of hydrogen-bond acceptors (Lipinski definition) is 2. The molecule has 0 spiro atoms. The van der Waals surface area contributed by atoms with Crippen LogP contribution in [-0.2, 0) is 4.79 Å². The SMILES string of the molecule is C=C(CN(C)CC1CC1C)C(=O)O. The third kappa shape index (κ3) is 3.19. The van der Waals surface area contributed by atoms with E-state index >= 15 is 0 Å². The molecule has 0 aliphatic heterocycles. The molecular weight excluding hydrogens is 166 g/mol. The number of likely N-dealkylation sites (N-methyl/N-ethyl adjacent to an activating group) is 1. The van der Waals surface area contributed by atoms with Crippen molar-refractivity contribution in [1.82, 2.24) is 4.90 Å². The molecule has 0 aromatic heterocycles. The Balaban J connectivity index is 2.21. The smallest absolute Gasteiger partial charge is 0.332 e. The second-order valence-electron chi connectivity index (χ2n) is 4.08. The van der Waals surface area contributed by atoms with E-state index in [2.05, 4.69) is 13.5 Å². The van der Waals surface area contributed by atoms with E-state index in [1.54, 1.807) is 0 Å². The summed E-state index contributed by atoms with van der Waals surface area (Å²) in [5.41, 5.74) is 0.274. The van der Waals surface area contributed by atoms with Gasteiger partial charge in [0.1, 0.15) is 0 Å². The third-order valence-electron chi connectivity index (χ3n) is 2.59. The summed E-state index contributed by atoms with van der Waals surface area (Å²) in [4.78, 5) is 12.5. The van der Waals surface area contributed by atoms with Gasteiger partial charge >= 0.3 is 5.97 Å². The first-order valence-corrected chi connectivity index (χ1v) is 4.60. The minimum Gasteiger partial charge on any atom is -0.478 e. The molecule has 1 aliphatic carbocycles. The highest BCUT2D eigenvalue weighted by Gasteiger charge is 2.33. The summed E-state index contributed by atoms with van der Waals surface area (Å²) < 4.78 is 0. The number of aliphatic carboxylic acids is 1. The van der Waals surface area contributed by atoms with Crippen LogP contribution in [0.5, 0.6) is 0 Å². The quantitative estimate of drug-likeness (QED) is 0.651. The third-order valence-corrected chi connectivity index (χ3v) is 2.59. The van der Waals surface area contributed by atoms with E-state index in [9.17, 15) is 4.79 Å². The van der Waals surface area contributed by atoms with Crippen LogP contribution < -0.4 is 0 Å². The zero-order valence-electron chi connectivity index (χ0n) is 8.29. The fourth-order valence-electron chi connectivity index (χ4n) is 1.51. The molecule has 13 heavy (non-hydrogen) atoms. The normalized spacial score (nSPS) is 26.1. The van der Waals surface area contributed by atoms with Gasteiger partial charge < -0.3 is 10.0 Å². The van der Waals surface area contributed by atoms with Crippen molar-refractivity contribution in [1.29, 1.82) is 0 Å². The Morgan fingerprint density at radius 1 is 1.69 bits per heavy atom. The van der Waals surface area contributed by atoms with Gasteiger partial charge in [-0.3, -0.25) is 0 Å². The lowest BCUT2D eigenvalue weighted by atomic mass is 10.2. The molecule has 74 valence electrons. The van der Waals surface area contributed by atoms with Crippen LogP contribution in [0.3, 0.4) is 0 Å². The molecule has 1 N–H and O–H groups in total. The lowest BCUT2D eigenvalue weighted by Gasteiger charge is -2.15. The number of rotatable bonds is 5. The van der Waals surface area contributed by atoms with Crippen LogP contribution in [0.4, 0.5) is 0 Å². The number of nitrogens with zero attached hydrogens (tertiary/aromatic N) is 1. The topological polar surface area (TPSA) is 40.5 Å². The predicted molar refractivity (Wildman–Crippen MR) is 51.5 cm³/mol. The molecule has 3 nitrogen and oxygen atoms in total. The van der Waals surface area contributed by atoms with Crippen LogP contribution in [0.25, 0.3) is 0 Å². The van der Waals surface area contributed by atoms with Crippen molar-refractivity contribution in [3.05, 3.63) is 12.2 Å². The molecule has 0 bridgehead atoms. The minimum absolute atomic E-state index is 0.274. The van der Waals surface area contributed by atoms with Gasteiger partial charge in [0.15, 0.2) is 0 Å². The summed E-state index contributed by atoms with van der Waals surface area (Å²) in [5, 5.41) is 8.61. The van der Waals surface area contributed by atoms with Crippen LogP contribution >= 0.6 is 0 Å². The molecule has 1 fully saturated rings. The second kappa shape index (κ2) is 3.92. The highest BCUT2D eigenvalue weighted by Crippen LogP contribution is 2.37. The minimum atomic E-state index is -0.893. The average Bonchev–Trinajstić information content (AvgIpc) is 2.65. The van der Waals surface area contributed by atoms with E-state index in [4.69, 9.17) is 5.11 Å². The molecule has 2 atom stereocenters. The van der Waals surface area contributed by atoms with E-state index < -0.39 is 5.97 Å². The van der Waals surface area contributed by atoms with Crippen molar-refractivity contribution in [3.63, 3.8) is 0 Å². The first-order valence-electron chi connectivity index (χ1n) is 4.60. The molecule has 0 aromatic carbocycles. The van der Waals surface area contributed by atoms with Crippen molar-refractivity contribution in [2.75, 3.05) is 20.1 Å². The Hall–Kier alpha value is -0.830. The first-order chi connectivity index (χ1) is 6.00. The maximum absolute atomic E-state index is 10.5. The standard InChI is InChI=1S/C10H17NO2/c1-7-4-9(7)6-11(3)5-8(2)10(12)13/h7,9H,2,4-6H2,1,3H3,(H,12,13). The lowest BCUT2D eigenvalue weighted by Crippen LogP contribution is -2.25. The van der Waals surface area contributed by atoms with Gasteiger partial charge in [0.05, 0.1) is 0 Å². The van der Waals surface area contributed by atoms with Gasteiger partial charge in [-0.05, 0) is 25.3 Å². The number of carboxylic acid groups (broad SMARTS) is 1. The maximum atomic E-state index is 10.5. The lowest BCUT2D eigenvalue weighted by molar-refractivity contribution is -0.132. The number of hydrogen-bond donors (Lipinski definition) is 1. The van der Waals surface area contributed by atoms with Gasteiger partial charge in [-0.1, -0.05) is 13.5 Å². The van der Waals surface area contributed by atoms with Gasteiger partial charge in [-0.15, -0.1) is 0 Å². The van der Waals surface area contributed by atoms with Crippen molar-refractivity contribution >= 4 is 5.97 Å². The molecule has 1 saturated carbocycles. The van der Waals surface area contributed by atoms with Crippen LogP contribution in [0.2, 0.25) is 0 Å². The molecule has 2 unspecified atom stereocenters. The molecule has 0 heterocycles. The Morgan fingerprint density at radius 3 is 2.62 bits per heavy atom. The van der Waals surface area contributed by atoms with E-state index in [0.29, 0.717) is 6.54 Å². The summed E-state index contributed by atoms with van der Waals surface area (Å²) in [6.45, 7) is 7.19. The van der Waals surface area contributed by atoms with Crippen molar-refractivity contribution in [2.24, 2.45) is 11.8 Å². The molecule has 0 amide bonds. The Labute approximate surface area is 79.0 Å². The zero-order chi connectivity index (χ0) is 10.0. The highest BCUT2D eigenvalue weighted by atomic mass is 16.4. The fourth-order valence-corrected chi connectivity index (χ4v) is 1.51. The molecule has 1 aliphatic rings. The van der Waals surface area contributed by atoms with Crippen LogP contribution in [0.15, 0.2) is 12.2 Å². The van der Waals surface area contributed by atoms with Crippen molar-refractivity contribution in [3.8, 4) is 0 Å². The monoisotopic (exact) mass is 183 g/mol. The van der Waals surface area contributed by atoms with E-state index in [0.717, 1.165) is 18.4 Å². The number of carboxylic acids is 1. The van der Waals surface area contributed by atoms with Gasteiger partial charge in [0.25, 0.3) is 0 Å². The molecular formula is C10H17NO2. The number of carbonyl (C=O) groups is 1. The largest absolute Gasteiger partial charge is 0.478 e. The summed E-state index contributed by atoms with van der Waals surface area (Å²) in [6, 6.07) is 0. The highest BCUT2D eigenvalue weighted by molar-refractivity contribution is 5.86. The van der Waals surface area contributed by atoms with Gasteiger partial charge in [0, 0.05) is 18.7 Å². The molecule has 1 rings (SSSR count). The summed E-state index contributed by atoms with van der Waals surface area (Å²) in [5.74, 6) is 0.697. The van der Waals surface area contributed by atoms with E-state index in [1.807, 2.05) is 11.9 Å². The zero-order valence-corrected chi connectivity index (χ0v) is 8.29. The van der Waals surface area contributed by atoms with E-state index in [-0.39, 0.29) is 5.57 Å². The van der Waals surface area contributed by atoms with Crippen LogP contribution in [-0.4, -0.2) is 36.1 Å². The Morgan fingerprint density at radius 2 is 2.23 bits per heavy atom. The van der Waals surface area contributed by atoms with Gasteiger partial charge in [-0.2, -0.15) is 0 Å². The molecule has 0 aromatic rings. The molecule has 0 saturated heterocycles. The van der Waals surface area contributed by atoms with Crippen molar-refractivity contribution < 1.29 is 9.90 Å². The van der Waals surface area contributed by atoms with Gasteiger partial charge in [0.2, 0.25) is 0 Å². The first kappa shape index (κ1) is 10.3. The van der Waals surface area contributed by atoms with Crippen molar-refractivity contribution in [2.45, 2.75) is 13.3 Å². The maximum Gasteiger partial charge on any atom is 0.332 e. The summed E-state index contributed by atoms with van der Waals surface area (Å²) in [6.07, 6.45) is 1.28. The van der Waals surface area contributed by atoms with Crippen LogP contribution in [0.1, 0.15) is 13.3 Å². The molecule has 0 radical (unpaired) electrons. The average molecular weight is 183 g/mol. The fraction of sp³-hybridized carbons (Fsp3) is 0.700. The molecule has 3 heteroatoms. The van der Waals surface area contributed by atoms with Gasteiger partial charge in [-0.25, -0.2) is 4.79 Å². The van der Waals surface area contributed by atoms with Crippen LogP contribution in [0, 0.1) is 11.8 Å². The Kier molecular flexibility index (Phi) is 3.09.